The molecule has 4 saturated carbocycles. The molecule has 2 saturated heterocycles. The highest BCUT2D eigenvalue weighted by atomic mass is 19.4. The van der Waals surface area contributed by atoms with Crippen LogP contribution in [-0.4, -0.2) is 81.4 Å². The van der Waals surface area contributed by atoms with Crippen LogP contribution in [-0.2, 0) is 21.1 Å². The van der Waals surface area contributed by atoms with Gasteiger partial charge >= 0.3 is 12.1 Å². The molecule has 55 heavy (non-hydrogen) atoms. The number of hydrogen-bond acceptors (Lipinski definition) is 11. The van der Waals surface area contributed by atoms with Crippen LogP contribution in [0.4, 0.5) is 30.8 Å². The summed E-state index contributed by atoms with van der Waals surface area (Å²) in [6, 6.07) is 9.80. The molecule has 7 aliphatic rings. The van der Waals surface area contributed by atoms with Gasteiger partial charge in [0.2, 0.25) is 11.9 Å². The van der Waals surface area contributed by atoms with E-state index in [2.05, 4.69) is 36.2 Å². The van der Waals surface area contributed by atoms with Crippen LogP contribution in [0.2, 0.25) is 0 Å². The van der Waals surface area contributed by atoms with E-state index in [0.29, 0.717) is 69.2 Å². The lowest BCUT2D eigenvalue weighted by Gasteiger charge is -2.61. The van der Waals surface area contributed by atoms with E-state index < -0.39 is 57.5 Å². The van der Waals surface area contributed by atoms with E-state index in [4.69, 9.17) is 9.47 Å². The first-order chi connectivity index (χ1) is 26.4. The van der Waals surface area contributed by atoms with E-state index in [1.165, 1.54) is 0 Å². The highest BCUT2D eigenvalue weighted by molar-refractivity contribution is 5.99. The normalized spacial score (nSPS) is 29.5. The summed E-state index contributed by atoms with van der Waals surface area (Å²) < 4.78 is 56.7. The number of benzene rings is 1. The number of nitriles is 1. The minimum atomic E-state index is -5.05. The highest BCUT2D eigenvalue weighted by Gasteiger charge is 2.66. The van der Waals surface area contributed by atoms with Gasteiger partial charge in [-0.15, -0.1) is 0 Å². The van der Waals surface area contributed by atoms with Gasteiger partial charge in [-0.1, -0.05) is 0 Å². The number of nitrogens with one attached hydrogen (secondary N) is 1. The highest BCUT2D eigenvalue weighted by Crippen LogP contribution is 2.63. The number of nitrogens with zero attached hydrogens (tertiary/aromatic N) is 7. The number of carbonyl (C=O) groups excluding carboxylic acids is 1. The Hall–Kier alpha value is -5.04. The van der Waals surface area contributed by atoms with Crippen LogP contribution < -0.4 is 19.9 Å². The maximum absolute atomic E-state index is 14.8. The molecule has 3 aliphatic heterocycles. The fourth-order valence-electron chi connectivity index (χ4n) is 10.8. The van der Waals surface area contributed by atoms with Crippen LogP contribution in [0, 0.1) is 34.5 Å². The van der Waals surface area contributed by atoms with Gasteiger partial charge in [0.25, 0.3) is 5.91 Å². The zero-order chi connectivity index (χ0) is 38.2. The average Bonchev–Trinajstić information content (AvgIpc) is 3.48. The molecule has 2 N–H and O–H groups in total. The lowest BCUT2D eigenvalue weighted by atomic mass is 9.44. The maximum Gasteiger partial charge on any atom is 0.434 e. The van der Waals surface area contributed by atoms with Crippen LogP contribution >= 0.6 is 0 Å². The first-order valence-corrected chi connectivity index (χ1v) is 19.0. The number of amides is 1. The van der Waals surface area contributed by atoms with Gasteiger partial charge in [0.15, 0.2) is 5.69 Å². The van der Waals surface area contributed by atoms with E-state index in [9.17, 15) is 33.1 Å². The molecule has 0 radical (unpaired) electrons. The summed E-state index contributed by atoms with van der Waals surface area (Å²) in [4.78, 5) is 47.7. The third kappa shape index (κ3) is 5.93. The number of aliphatic carboxylic acids is 1. The molecular formula is C39H41F3N8O5. The number of ether oxygens (including phenoxy) is 2. The van der Waals surface area contributed by atoms with Crippen LogP contribution in [0.5, 0.6) is 5.75 Å². The van der Waals surface area contributed by atoms with Gasteiger partial charge in [-0.25, -0.2) is 24.7 Å². The standard InChI is InChI=1S/C39H41F3N8O5/c40-39(41,42)31-28(32(51)48-38(33(52)53)24-14-23-15-25(38)19-36(17-23,18-24)21-43)20-46-35(47-31)50-22-37(6-12-54-13-7-37)29-16-27(2-3-30(29)50)55-26-4-10-49(11-5-26)34-44-8-1-9-45-34/h1-3,8-9,16,20,23-26H,4-7,10-15,17-19,22H2,(H,48,51)(H,52,53)/t23?,24-,25+,36-,38-. The predicted octanol–water partition coefficient (Wildman–Crippen LogP) is 5.44. The molecule has 4 bridgehead atoms. The molecule has 2 aromatic heterocycles. The van der Waals surface area contributed by atoms with Crippen molar-refractivity contribution in [3.05, 3.63) is 59.7 Å². The molecule has 1 spiro atoms. The van der Waals surface area contributed by atoms with Gasteiger partial charge in [-0.05, 0) is 92.5 Å². The van der Waals surface area contributed by atoms with Gasteiger partial charge in [0, 0.05) is 75.4 Å². The monoisotopic (exact) mass is 758 g/mol. The molecule has 13 nitrogen and oxygen atoms in total. The van der Waals surface area contributed by atoms with Crippen LogP contribution in [0.3, 0.4) is 0 Å². The number of carboxylic acids is 1. The minimum Gasteiger partial charge on any atom is -0.490 e. The molecule has 4 aliphatic carbocycles. The van der Waals surface area contributed by atoms with Crippen LogP contribution in [0.1, 0.15) is 79.4 Å². The molecule has 5 heterocycles. The number of alkyl halides is 3. The Balaban J connectivity index is 0.991. The fraction of sp³-hybridized carbons (Fsp3) is 0.564. The molecule has 6 fully saturated rings. The van der Waals surface area contributed by atoms with Crippen molar-refractivity contribution < 1.29 is 37.3 Å². The Kier molecular flexibility index (Phi) is 8.45. The van der Waals surface area contributed by atoms with Crippen molar-refractivity contribution in [3.8, 4) is 11.8 Å². The lowest BCUT2D eigenvalue weighted by Crippen LogP contribution is -2.71. The number of halogens is 3. The van der Waals surface area contributed by atoms with Gasteiger partial charge in [0.1, 0.15) is 17.4 Å². The molecule has 1 amide bonds. The lowest BCUT2D eigenvalue weighted by molar-refractivity contribution is -0.167. The quantitative estimate of drug-likeness (QED) is 0.314. The van der Waals surface area contributed by atoms with Crippen molar-refractivity contribution in [1.29, 1.82) is 5.26 Å². The van der Waals surface area contributed by atoms with Gasteiger partial charge < -0.3 is 29.7 Å². The zero-order valence-corrected chi connectivity index (χ0v) is 30.1. The van der Waals surface area contributed by atoms with Gasteiger partial charge in [-0.2, -0.15) is 18.4 Å². The van der Waals surface area contributed by atoms with E-state index in [1.807, 2.05) is 18.2 Å². The predicted molar refractivity (Wildman–Crippen MR) is 190 cm³/mol. The first kappa shape index (κ1) is 35.6. The first-order valence-electron chi connectivity index (χ1n) is 19.0. The van der Waals surface area contributed by atoms with E-state index in [-0.39, 0.29) is 30.8 Å². The zero-order valence-electron chi connectivity index (χ0n) is 30.1. The molecule has 5 atom stereocenters. The van der Waals surface area contributed by atoms with Crippen LogP contribution in [0.15, 0.2) is 42.9 Å². The third-order valence-corrected chi connectivity index (χ3v) is 13.2. The minimum absolute atomic E-state index is 0.0378. The molecular weight excluding hydrogens is 717 g/mol. The number of rotatable bonds is 7. The molecule has 288 valence electrons. The summed E-state index contributed by atoms with van der Waals surface area (Å²) in [5, 5.41) is 23.1. The van der Waals surface area contributed by atoms with E-state index in [0.717, 1.165) is 37.7 Å². The maximum atomic E-state index is 14.8. The van der Waals surface area contributed by atoms with Gasteiger partial charge in [-0.3, -0.25) is 4.79 Å². The number of aromatic nitrogens is 4. The Morgan fingerprint density at radius 2 is 1.73 bits per heavy atom. The summed E-state index contributed by atoms with van der Waals surface area (Å²) in [7, 11) is 0. The van der Waals surface area contributed by atoms with Gasteiger partial charge in [0.05, 0.1) is 17.0 Å². The van der Waals surface area contributed by atoms with Crippen LogP contribution in [0.25, 0.3) is 0 Å². The Morgan fingerprint density at radius 3 is 2.38 bits per heavy atom. The second-order valence-corrected chi connectivity index (χ2v) is 16.3. The third-order valence-electron chi connectivity index (χ3n) is 13.2. The fourth-order valence-corrected chi connectivity index (χ4v) is 10.8. The molecule has 3 aromatic rings. The SMILES string of the molecule is N#C[C@]12CC3C[C@H](C1)[C@](NC(=O)c1cnc(N4CC5(CCOCC5)c5cc(OC6CCN(c7ncccn7)CC6)ccc54)nc1C(F)(F)F)(C(=O)O)[C@@H](C3)C2. The second kappa shape index (κ2) is 13.0. The number of carbonyl (C=O) groups is 2. The van der Waals surface area contributed by atoms with Crippen molar-refractivity contribution in [2.24, 2.45) is 23.2 Å². The molecule has 1 unspecified atom stereocenters. The van der Waals surface area contributed by atoms with Crippen molar-refractivity contribution in [3.63, 3.8) is 0 Å². The number of carboxylic acid groups (broad SMARTS) is 1. The Bertz CT molecular complexity index is 2030. The molecule has 1 aromatic carbocycles. The van der Waals surface area contributed by atoms with Crippen molar-refractivity contribution in [2.75, 3.05) is 42.6 Å². The van der Waals surface area contributed by atoms with E-state index in [1.54, 1.807) is 23.4 Å². The average molecular weight is 759 g/mol. The summed E-state index contributed by atoms with van der Waals surface area (Å²) in [6.45, 7) is 2.75. The number of piperidine rings is 1. The summed E-state index contributed by atoms with van der Waals surface area (Å²) in [5.41, 5.74) is -3.61. The van der Waals surface area contributed by atoms with E-state index >= 15 is 0 Å². The van der Waals surface area contributed by atoms with Crippen molar-refractivity contribution >= 4 is 29.5 Å². The van der Waals surface area contributed by atoms with Crippen molar-refractivity contribution in [2.45, 2.75) is 81.0 Å². The van der Waals surface area contributed by atoms with Crippen molar-refractivity contribution in [1.82, 2.24) is 25.3 Å². The molecule has 16 heteroatoms. The second-order valence-electron chi connectivity index (χ2n) is 16.3. The Morgan fingerprint density at radius 1 is 1.02 bits per heavy atom. The largest absolute Gasteiger partial charge is 0.490 e. The summed E-state index contributed by atoms with van der Waals surface area (Å²) in [6.07, 6.45) is 4.25. The smallest absolute Gasteiger partial charge is 0.434 e. The number of anilines is 3. The number of fused-ring (bicyclic) bond motifs is 2. The number of hydrogen-bond donors (Lipinski definition) is 2. The summed E-state index contributed by atoms with van der Waals surface area (Å²) >= 11 is 0. The molecule has 10 rings (SSSR count). The summed E-state index contributed by atoms with van der Waals surface area (Å²) in [5.74, 6) is -2.34. The topological polar surface area (TPSA) is 167 Å². The Labute approximate surface area is 315 Å².